The van der Waals surface area contributed by atoms with Gasteiger partial charge in [-0.25, -0.2) is 4.98 Å². The summed E-state index contributed by atoms with van der Waals surface area (Å²) < 4.78 is 42.1. The van der Waals surface area contributed by atoms with Crippen molar-refractivity contribution in [3.63, 3.8) is 0 Å². The van der Waals surface area contributed by atoms with Gasteiger partial charge in [-0.05, 0) is 25.1 Å². The van der Waals surface area contributed by atoms with E-state index in [1.807, 2.05) is 0 Å². The summed E-state index contributed by atoms with van der Waals surface area (Å²) >= 11 is 0. The number of alkyl halides is 3. The number of aryl methyl sites for hydroxylation is 1. The largest absolute Gasteiger partial charge is 0.433 e. The highest BCUT2D eigenvalue weighted by atomic mass is 19.4. The molecule has 7 nitrogen and oxygen atoms in total. The minimum Gasteiger partial charge on any atom is -0.282 e. The van der Waals surface area contributed by atoms with Gasteiger partial charge in [0.2, 0.25) is 0 Å². The zero-order valence-electron chi connectivity index (χ0n) is 13.7. The molecule has 26 heavy (non-hydrogen) atoms. The van der Waals surface area contributed by atoms with E-state index in [0.29, 0.717) is 16.5 Å². The molecule has 0 spiro atoms. The fourth-order valence-corrected chi connectivity index (χ4v) is 3.05. The smallest absolute Gasteiger partial charge is 0.282 e. The lowest BCUT2D eigenvalue weighted by Crippen LogP contribution is -2.26. The lowest BCUT2D eigenvalue weighted by molar-refractivity contribution is -0.141. The fourth-order valence-electron chi connectivity index (χ4n) is 3.05. The lowest BCUT2D eigenvalue weighted by Gasteiger charge is -2.17. The van der Waals surface area contributed by atoms with E-state index in [-0.39, 0.29) is 11.2 Å². The SMILES string of the molecule is CC(c1ccn[nH]1)n1c(=O)c2nn(C)cc2c2ccc(C(F)(F)F)nc21. The number of rotatable bonds is 2. The Labute approximate surface area is 144 Å². The van der Waals surface area contributed by atoms with Gasteiger partial charge in [0.15, 0.2) is 5.52 Å². The zero-order valence-corrected chi connectivity index (χ0v) is 13.7. The summed E-state index contributed by atoms with van der Waals surface area (Å²) in [4.78, 5) is 16.7. The van der Waals surface area contributed by atoms with Crippen LogP contribution in [-0.2, 0) is 13.2 Å². The second-order valence-corrected chi connectivity index (χ2v) is 5.99. The molecule has 134 valence electrons. The molecule has 0 saturated carbocycles. The highest BCUT2D eigenvalue weighted by molar-refractivity contribution is 6.02. The number of fused-ring (bicyclic) bond motifs is 3. The molecule has 0 aliphatic carbocycles. The maximum Gasteiger partial charge on any atom is 0.433 e. The number of H-pyrrole nitrogens is 1. The number of halogens is 3. The van der Waals surface area contributed by atoms with E-state index in [1.165, 1.54) is 21.5 Å². The van der Waals surface area contributed by atoms with Crippen molar-refractivity contribution in [1.29, 1.82) is 0 Å². The Morgan fingerprint density at radius 1 is 1.19 bits per heavy atom. The Hall–Kier alpha value is -3.17. The van der Waals surface area contributed by atoms with Crippen LogP contribution < -0.4 is 5.56 Å². The van der Waals surface area contributed by atoms with Gasteiger partial charge >= 0.3 is 6.18 Å². The average Bonchev–Trinajstić information content (AvgIpc) is 3.23. The average molecular weight is 362 g/mol. The van der Waals surface area contributed by atoms with Crippen molar-refractivity contribution < 1.29 is 13.2 Å². The molecule has 1 unspecified atom stereocenters. The van der Waals surface area contributed by atoms with Crippen molar-refractivity contribution in [3.05, 3.63) is 52.3 Å². The Balaban J connectivity index is 2.15. The Bertz CT molecular complexity index is 1170. The predicted molar refractivity (Wildman–Crippen MR) is 87.7 cm³/mol. The van der Waals surface area contributed by atoms with Gasteiger partial charge in [-0.1, -0.05) is 0 Å². The van der Waals surface area contributed by atoms with Gasteiger partial charge in [-0.3, -0.25) is 19.1 Å². The molecule has 0 amide bonds. The molecular weight excluding hydrogens is 349 g/mol. The van der Waals surface area contributed by atoms with Crippen LogP contribution in [0.1, 0.15) is 24.4 Å². The lowest BCUT2D eigenvalue weighted by atomic mass is 10.1. The predicted octanol–water partition coefficient (Wildman–Crippen LogP) is 2.63. The van der Waals surface area contributed by atoms with E-state index < -0.39 is 23.5 Å². The number of nitrogens with zero attached hydrogens (tertiary/aromatic N) is 5. The van der Waals surface area contributed by atoms with Crippen LogP contribution in [0.2, 0.25) is 0 Å². The van der Waals surface area contributed by atoms with Crippen molar-refractivity contribution >= 4 is 21.9 Å². The Morgan fingerprint density at radius 2 is 1.96 bits per heavy atom. The van der Waals surface area contributed by atoms with E-state index in [0.717, 1.165) is 6.07 Å². The molecule has 0 saturated heterocycles. The van der Waals surface area contributed by atoms with Gasteiger partial charge in [0.05, 0.1) is 11.7 Å². The number of hydrogen-bond donors (Lipinski definition) is 1. The van der Waals surface area contributed by atoms with Crippen molar-refractivity contribution in [3.8, 4) is 0 Å². The van der Waals surface area contributed by atoms with Crippen LogP contribution in [0.4, 0.5) is 13.2 Å². The normalized spacial score (nSPS) is 13.6. The maximum absolute atomic E-state index is 13.2. The van der Waals surface area contributed by atoms with Crippen molar-refractivity contribution in [2.45, 2.75) is 19.1 Å². The fraction of sp³-hybridized carbons (Fsp3) is 0.250. The summed E-state index contributed by atoms with van der Waals surface area (Å²) in [6, 6.07) is 3.28. The topological polar surface area (TPSA) is 81.4 Å². The summed E-state index contributed by atoms with van der Waals surface area (Å²) in [6.07, 6.45) is -1.51. The highest BCUT2D eigenvalue weighted by Crippen LogP contribution is 2.31. The third-order valence-electron chi connectivity index (χ3n) is 4.29. The van der Waals surface area contributed by atoms with E-state index in [4.69, 9.17) is 0 Å². The third-order valence-corrected chi connectivity index (χ3v) is 4.29. The van der Waals surface area contributed by atoms with E-state index in [1.54, 1.807) is 26.2 Å². The van der Waals surface area contributed by atoms with E-state index in [9.17, 15) is 18.0 Å². The summed E-state index contributed by atoms with van der Waals surface area (Å²) in [5.41, 5.74) is -0.872. The van der Waals surface area contributed by atoms with Gasteiger partial charge < -0.3 is 0 Å². The van der Waals surface area contributed by atoms with E-state index in [2.05, 4.69) is 20.3 Å². The molecule has 4 rings (SSSR count). The van der Waals surface area contributed by atoms with Gasteiger partial charge in [0.25, 0.3) is 5.56 Å². The summed E-state index contributed by atoms with van der Waals surface area (Å²) in [7, 11) is 1.64. The first-order valence-electron chi connectivity index (χ1n) is 7.72. The number of pyridine rings is 2. The number of aromatic amines is 1. The van der Waals surface area contributed by atoms with Crippen LogP contribution in [-0.4, -0.2) is 29.5 Å². The minimum atomic E-state index is -4.61. The highest BCUT2D eigenvalue weighted by Gasteiger charge is 2.33. The van der Waals surface area contributed by atoms with Crippen molar-refractivity contribution in [2.24, 2.45) is 7.05 Å². The molecule has 1 N–H and O–H groups in total. The molecule has 0 fully saturated rings. The molecular formula is C16H13F3N6O. The van der Waals surface area contributed by atoms with Crippen LogP contribution in [0.5, 0.6) is 0 Å². The number of nitrogens with one attached hydrogen (secondary N) is 1. The molecule has 0 bridgehead atoms. The molecule has 1 atom stereocenters. The monoisotopic (exact) mass is 362 g/mol. The Kier molecular flexibility index (Phi) is 3.40. The van der Waals surface area contributed by atoms with Crippen molar-refractivity contribution in [1.82, 2.24) is 29.5 Å². The molecule has 0 aliphatic heterocycles. The second kappa shape index (κ2) is 5.41. The molecule has 4 heterocycles. The second-order valence-electron chi connectivity index (χ2n) is 5.99. The van der Waals surface area contributed by atoms with Crippen LogP contribution in [0.15, 0.2) is 35.4 Å². The first kappa shape index (κ1) is 16.3. The summed E-state index contributed by atoms with van der Waals surface area (Å²) in [5, 5.41) is 11.6. The van der Waals surface area contributed by atoms with Crippen LogP contribution in [0.3, 0.4) is 0 Å². The minimum absolute atomic E-state index is 0.0487. The Morgan fingerprint density at radius 3 is 2.62 bits per heavy atom. The molecule has 4 aromatic rings. The van der Waals surface area contributed by atoms with Gasteiger partial charge in [0.1, 0.15) is 11.3 Å². The molecule has 10 heteroatoms. The summed E-state index contributed by atoms with van der Waals surface area (Å²) in [6.45, 7) is 1.69. The molecule has 0 radical (unpaired) electrons. The molecule has 0 aromatic carbocycles. The van der Waals surface area contributed by atoms with Crippen LogP contribution >= 0.6 is 0 Å². The standard InChI is InChI=1S/C16H13F3N6O/c1-8(11-5-6-20-22-11)25-14-9(3-4-12(21-14)16(17,18)19)10-7-24(2)23-13(10)15(25)26/h3-8H,1-2H3,(H,20,22). The van der Waals surface area contributed by atoms with E-state index >= 15 is 0 Å². The quantitative estimate of drug-likeness (QED) is 0.594. The summed E-state index contributed by atoms with van der Waals surface area (Å²) in [5.74, 6) is 0. The number of hydrogen-bond acceptors (Lipinski definition) is 4. The van der Waals surface area contributed by atoms with Crippen LogP contribution in [0.25, 0.3) is 21.9 Å². The van der Waals surface area contributed by atoms with Gasteiger partial charge in [-0.2, -0.15) is 23.4 Å². The van der Waals surface area contributed by atoms with Crippen molar-refractivity contribution in [2.75, 3.05) is 0 Å². The van der Waals surface area contributed by atoms with Gasteiger partial charge in [-0.15, -0.1) is 0 Å². The zero-order chi connectivity index (χ0) is 18.6. The van der Waals surface area contributed by atoms with Crippen LogP contribution in [0, 0.1) is 0 Å². The van der Waals surface area contributed by atoms with Gasteiger partial charge in [0, 0.05) is 30.2 Å². The first-order chi connectivity index (χ1) is 12.3. The maximum atomic E-state index is 13.2. The molecule has 4 aromatic heterocycles. The first-order valence-corrected chi connectivity index (χ1v) is 7.72. The molecule has 0 aliphatic rings. The number of aromatic nitrogens is 6. The third kappa shape index (κ3) is 2.37.